The molecule has 2 aromatic carbocycles. The summed E-state index contributed by atoms with van der Waals surface area (Å²) in [6, 6.07) is 11.0. The van der Waals surface area contributed by atoms with Crippen molar-refractivity contribution < 1.29 is 46.7 Å². The van der Waals surface area contributed by atoms with Gasteiger partial charge in [0.2, 0.25) is 23.6 Å². The van der Waals surface area contributed by atoms with E-state index in [0.29, 0.717) is 11.6 Å². The minimum atomic E-state index is -4.81. The van der Waals surface area contributed by atoms with Crippen LogP contribution < -0.4 is 26.9 Å². The van der Waals surface area contributed by atoms with E-state index in [1.165, 1.54) is 6.07 Å². The summed E-state index contributed by atoms with van der Waals surface area (Å²) in [7, 11) is 0. The number of rotatable bonds is 12. The van der Waals surface area contributed by atoms with E-state index < -0.39 is 78.1 Å². The van der Waals surface area contributed by atoms with Crippen molar-refractivity contribution in [1.82, 2.24) is 16.0 Å². The van der Waals surface area contributed by atoms with Gasteiger partial charge in [-0.05, 0) is 17.7 Å². The Balaban J connectivity index is 1.67. The first-order chi connectivity index (χ1) is 19.8. The van der Waals surface area contributed by atoms with Crippen molar-refractivity contribution in [2.24, 2.45) is 0 Å². The normalized spacial score (nSPS) is 11.8. The predicted molar refractivity (Wildman–Crippen MR) is 141 cm³/mol. The molecule has 0 bridgehead atoms. The van der Waals surface area contributed by atoms with Gasteiger partial charge in [0, 0.05) is 36.0 Å². The molecule has 0 saturated carbocycles. The standard InChI is InChI=1S/C27H25F3N4O8/c28-27(29,30)18-12-25(40)42-20-11-16(6-7-17(18)20)33-26(41)19(10-15-4-2-1-3-5-15)34-23(37)14-32-22(36)13-31-21(35)8-9-24(38)39/h1-7,11-12,19H,8-10,13-14H2,(H,31,35)(H,32,36)(H,33,41)(H,34,37)(H,38,39)/t19-/m0/s1. The highest BCUT2D eigenvalue weighted by molar-refractivity contribution is 5.99. The maximum Gasteiger partial charge on any atom is 0.417 e. The molecule has 4 amide bonds. The molecule has 12 nitrogen and oxygen atoms in total. The number of nitrogens with one attached hydrogen (secondary N) is 4. The van der Waals surface area contributed by atoms with E-state index in [1.54, 1.807) is 30.3 Å². The molecule has 0 unspecified atom stereocenters. The lowest BCUT2D eigenvalue weighted by Gasteiger charge is -2.19. The van der Waals surface area contributed by atoms with Crippen LogP contribution in [0, 0.1) is 0 Å². The molecule has 0 aliphatic carbocycles. The lowest BCUT2D eigenvalue weighted by Crippen LogP contribution is -2.49. The molecule has 15 heteroatoms. The number of hydrogen-bond donors (Lipinski definition) is 5. The number of hydrogen-bond acceptors (Lipinski definition) is 7. The smallest absolute Gasteiger partial charge is 0.417 e. The van der Waals surface area contributed by atoms with Gasteiger partial charge in [0.05, 0.1) is 25.1 Å². The quantitative estimate of drug-likeness (QED) is 0.197. The Kier molecular flexibility index (Phi) is 10.4. The molecule has 0 fully saturated rings. The molecule has 0 saturated heterocycles. The summed E-state index contributed by atoms with van der Waals surface area (Å²) in [6.45, 7) is -1.07. The molecule has 3 rings (SSSR count). The van der Waals surface area contributed by atoms with E-state index in [4.69, 9.17) is 9.52 Å². The van der Waals surface area contributed by atoms with Crippen molar-refractivity contribution in [3.63, 3.8) is 0 Å². The fourth-order valence-electron chi connectivity index (χ4n) is 3.74. The number of halogens is 3. The van der Waals surface area contributed by atoms with Gasteiger partial charge in [-0.25, -0.2) is 4.79 Å². The van der Waals surface area contributed by atoms with Crippen LogP contribution in [0.25, 0.3) is 11.0 Å². The second-order valence-corrected chi connectivity index (χ2v) is 8.93. The van der Waals surface area contributed by atoms with Crippen LogP contribution in [0.15, 0.2) is 63.8 Å². The number of carboxylic acids is 1. The van der Waals surface area contributed by atoms with Crippen molar-refractivity contribution in [2.45, 2.75) is 31.5 Å². The number of carbonyl (C=O) groups excluding carboxylic acids is 4. The number of carboxylic acid groups (broad SMARTS) is 1. The Hall–Kier alpha value is -5.21. The molecule has 3 aromatic rings. The van der Waals surface area contributed by atoms with Gasteiger partial charge in [-0.2, -0.15) is 13.2 Å². The van der Waals surface area contributed by atoms with Crippen LogP contribution in [0.4, 0.5) is 18.9 Å². The van der Waals surface area contributed by atoms with E-state index in [1.807, 2.05) is 0 Å². The summed E-state index contributed by atoms with van der Waals surface area (Å²) in [4.78, 5) is 71.4. The maximum absolute atomic E-state index is 13.3. The van der Waals surface area contributed by atoms with Crippen LogP contribution in [-0.2, 0) is 36.6 Å². The van der Waals surface area contributed by atoms with Gasteiger partial charge in [-0.15, -0.1) is 0 Å². The molecule has 222 valence electrons. The molecule has 1 heterocycles. The monoisotopic (exact) mass is 590 g/mol. The zero-order chi connectivity index (χ0) is 30.9. The Morgan fingerprint density at radius 1 is 0.857 bits per heavy atom. The molecule has 5 N–H and O–H groups in total. The summed E-state index contributed by atoms with van der Waals surface area (Å²) in [5, 5.41) is 17.6. The third-order valence-corrected chi connectivity index (χ3v) is 5.71. The molecular weight excluding hydrogens is 565 g/mol. The second kappa shape index (κ2) is 13.9. The number of anilines is 1. The highest BCUT2D eigenvalue weighted by Gasteiger charge is 2.34. The van der Waals surface area contributed by atoms with Gasteiger partial charge in [0.25, 0.3) is 0 Å². The molecule has 42 heavy (non-hydrogen) atoms. The second-order valence-electron chi connectivity index (χ2n) is 8.93. The molecule has 0 radical (unpaired) electrons. The van der Waals surface area contributed by atoms with Crippen molar-refractivity contribution >= 4 is 46.3 Å². The molecule has 1 aromatic heterocycles. The fourth-order valence-corrected chi connectivity index (χ4v) is 3.74. The number of fused-ring (bicyclic) bond motifs is 1. The van der Waals surface area contributed by atoms with Crippen molar-refractivity contribution in [3.05, 3.63) is 76.1 Å². The number of alkyl halides is 3. The summed E-state index contributed by atoms with van der Waals surface area (Å²) in [6.07, 6.45) is -5.55. The van der Waals surface area contributed by atoms with Crippen LogP contribution >= 0.6 is 0 Å². The summed E-state index contributed by atoms with van der Waals surface area (Å²) >= 11 is 0. The largest absolute Gasteiger partial charge is 0.481 e. The van der Waals surface area contributed by atoms with Gasteiger partial charge < -0.3 is 30.8 Å². The number of carbonyl (C=O) groups is 5. The summed E-state index contributed by atoms with van der Waals surface area (Å²) in [5.41, 5.74) is -2.18. The SMILES string of the molecule is O=C(O)CCC(=O)NCC(=O)NCC(=O)N[C@@H](Cc1ccccc1)C(=O)Nc1ccc2c(C(F)(F)F)cc(=O)oc2c1. The lowest BCUT2D eigenvalue weighted by molar-refractivity contribution is -0.139. The van der Waals surface area contributed by atoms with Crippen LogP contribution in [0.5, 0.6) is 0 Å². The van der Waals surface area contributed by atoms with E-state index in [9.17, 15) is 41.9 Å². The molecule has 0 spiro atoms. The average molecular weight is 591 g/mol. The topological polar surface area (TPSA) is 184 Å². The number of amides is 4. The van der Waals surface area contributed by atoms with Crippen LogP contribution in [0.1, 0.15) is 24.0 Å². The van der Waals surface area contributed by atoms with Crippen LogP contribution in [0.3, 0.4) is 0 Å². The molecule has 0 aliphatic rings. The fraction of sp³-hybridized carbons (Fsp3) is 0.259. The number of aliphatic carboxylic acids is 1. The first-order valence-corrected chi connectivity index (χ1v) is 12.4. The highest BCUT2D eigenvalue weighted by atomic mass is 19.4. The average Bonchev–Trinajstić information content (AvgIpc) is 2.92. The zero-order valence-electron chi connectivity index (χ0n) is 21.7. The van der Waals surface area contributed by atoms with E-state index in [0.717, 1.165) is 12.1 Å². The first kappa shape index (κ1) is 31.3. The van der Waals surface area contributed by atoms with E-state index >= 15 is 0 Å². The van der Waals surface area contributed by atoms with Gasteiger partial charge in [0.15, 0.2) is 0 Å². The van der Waals surface area contributed by atoms with E-state index in [2.05, 4.69) is 21.3 Å². The maximum atomic E-state index is 13.3. The Morgan fingerprint density at radius 2 is 1.52 bits per heavy atom. The third-order valence-electron chi connectivity index (χ3n) is 5.71. The summed E-state index contributed by atoms with van der Waals surface area (Å²) < 4.78 is 44.9. The van der Waals surface area contributed by atoms with Crippen LogP contribution in [0.2, 0.25) is 0 Å². The van der Waals surface area contributed by atoms with Crippen LogP contribution in [-0.4, -0.2) is 53.8 Å². The molecule has 1 atom stereocenters. The third kappa shape index (κ3) is 9.46. The predicted octanol–water partition coefficient (Wildman–Crippen LogP) is 1.58. The highest BCUT2D eigenvalue weighted by Crippen LogP contribution is 2.34. The van der Waals surface area contributed by atoms with Crippen molar-refractivity contribution in [2.75, 3.05) is 18.4 Å². The Bertz CT molecular complexity index is 1540. The first-order valence-electron chi connectivity index (χ1n) is 12.4. The Morgan fingerprint density at radius 3 is 2.19 bits per heavy atom. The van der Waals surface area contributed by atoms with E-state index in [-0.39, 0.29) is 23.9 Å². The van der Waals surface area contributed by atoms with Gasteiger partial charge in [-0.1, -0.05) is 30.3 Å². The summed E-state index contributed by atoms with van der Waals surface area (Å²) in [5.74, 6) is -4.11. The zero-order valence-corrected chi connectivity index (χ0v) is 21.7. The minimum Gasteiger partial charge on any atom is -0.481 e. The lowest BCUT2D eigenvalue weighted by atomic mass is 10.0. The Labute approximate surface area is 235 Å². The van der Waals surface area contributed by atoms with Crippen molar-refractivity contribution in [3.8, 4) is 0 Å². The van der Waals surface area contributed by atoms with Crippen molar-refractivity contribution in [1.29, 1.82) is 0 Å². The number of benzene rings is 2. The molecular formula is C27H25F3N4O8. The van der Waals surface area contributed by atoms with Gasteiger partial charge in [-0.3, -0.25) is 24.0 Å². The minimum absolute atomic E-state index is 0.00534. The molecule has 0 aliphatic heterocycles. The van der Waals surface area contributed by atoms with Gasteiger partial charge in [0.1, 0.15) is 11.6 Å². The van der Waals surface area contributed by atoms with Gasteiger partial charge >= 0.3 is 17.8 Å².